The number of aromatic amines is 1. The van der Waals surface area contributed by atoms with Crippen LogP contribution in [-0.4, -0.2) is 15.3 Å². The zero-order valence-electron chi connectivity index (χ0n) is 12.2. The van der Waals surface area contributed by atoms with Crippen LogP contribution in [0.15, 0.2) is 71.7 Å². The summed E-state index contributed by atoms with van der Waals surface area (Å²) in [6.45, 7) is 0.722. The van der Waals surface area contributed by atoms with Crippen molar-refractivity contribution in [2.45, 2.75) is 12.3 Å². The van der Waals surface area contributed by atoms with Crippen LogP contribution in [0.2, 0.25) is 0 Å². The summed E-state index contributed by atoms with van der Waals surface area (Å²) in [4.78, 5) is 14.9. The van der Waals surface area contributed by atoms with E-state index < -0.39 is 0 Å². The van der Waals surface area contributed by atoms with Crippen molar-refractivity contribution < 1.29 is 0 Å². The number of aromatic nitrogens is 2. The number of rotatable bonds is 6. The van der Waals surface area contributed by atoms with E-state index in [0.29, 0.717) is 0 Å². The molecule has 2 aromatic carbocycles. The first-order valence-corrected chi connectivity index (χ1v) is 8.45. The Kier molecular flexibility index (Phi) is 4.81. The summed E-state index contributed by atoms with van der Waals surface area (Å²) in [6.07, 6.45) is 1.90. The van der Waals surface area contributed by atoms with E-state index in [9.17, 15) is 4.79 Å². The van der Waals surface area contributed by atoms with E-state index in [1.54, 1.807) is 4.57 Å². The molecule has 0 saturated heterocycles. The summed E-state index contributed by atoms with van der Waals surface area (Å²) in [7, 11) is 0. The Hall–Kier alpha value is -2.20. The SMILES string of the molecule is O=c1[nH]c(-c2ccccc2)cn1CCSCc1ccccc1. The van der Waals surface area contributed by atoms with E-state index in [1.807, 2.05) is 54.4 Å². The first-order valence-electron chi connectivity index (χ1n) is 7.29. The van der Waals surface area contributed by atoms with Gasteiger partial charge in [-0.1, -0.05) is 60.7 Å². The van der Waals surface area contributed by atoms with Crippen LogP contribution in [0.25, 0.3) is 11.3 Å². The van der Waals surface area contributed by atoms with Crippen molar-refractivity contribution in [2.75, 3.05) is 5.75 Å². The number of imidazole rings is 1. The summed E-state index contributed by atoms with van der Waals surface area (Å²) >= 11 is 1.84. The van der Waals surface area contributed by atoms with Crippen LogP contribution in [0.4, 0.5) is 0 Å². The second-order valence-corrected chi connectivity index (χ2v) is 6.18. The largest absolute Gasteiger partial charge is 0.326 e. The lowest BCUT2D eigenvalue weighted by Gasteiger charge is -2.02. The fourth-order valence-corrected chi connectivity index (χ4v) is 3.19. The molecule has 4 heteroatoms. The van der Waals surface area contributed by atoms with Crippen molar-refractivity contribution in [1.82, 2.24) is 9.55 Å². The zero-order valence-corrected chi connectivity index (χ0v) is 13.1. The van der Waals surface area contributed by atoms with Gasteiger partial charge in [0.25, 0.3) is 0 Å². The normalized spacial score (nSPS) is 10.7. The maximum atomic E-state index is 12.0. The standard InChI is InChI=1S/C18H18N2OS/c21-18-19-17(16-9-5-2-6-10-16)13-20(18)11-12-22-14-15-7-3-1-4-8-15/h1-10,13H,11-12,14H2,(H,19,21). The van der Waals surface area contributed by atoms with Gasteiger partial charge in [-0.3, -0.25) is 4.57 Å². The molecule has 0 amide bonds. The van der Waals surface area contributed by atoms with Crippen LogP contribution in [-0.2, 0) is 12.3 Å². The first-order chi connectivity index (χ1) is 10.8. The number of hydrogen-bond donors (Lipinski definition) is 1. The molecule has 0 unspecified atom stereocenters. The highest BCUT2D eigenvalue weighted by Crippen LogP contribution is 2.15. The van der Waals surface area contributed by atoms with Crippen molar-refractivity contribution in [3.8, 4) is 11.3 Å². The van der Waals surface area contributed by atoms with E-state index >= 15 is 0 Å². The summed E-state index contributed by atoms with van der Waals surface area (Å²) in [6, 6.07) is 20.3. The third-order valence-electron chi connectivity index (χ3n) is 3.46. The molecule has 1 N–H and O–H groups in total. The summed E-state index contributed by atoms with van der Waals surface area (Å²) in [5.74, 6) is 1.90. The highest BCUT2D eigenvalue weighted by molar-refractivity contribution is 7.98. The minimum absolute atomic E-state index is 0.0424. The van der Waals surface area contributed by atoms with E-state index in [4.69, 9.17) is 0 Å². The average molecular weight is 310 g/mol. The Balaban J connectivity index is 1.57. The smallest absolute Gasteiger partial charge is 0.306 e. The predicted molar refractivity (Wildman–Crippen MR) is 93.1 cm³/mol. The van der Waals surface area contributed by atoms with E-state index in [-0.39, 0.29) is 5.69 Å². The molecule has 0 aliphatic carbocycles. The summed E-state index contributed by atoms with van der Waals surface area (Å²) in [5, 5.41) is 0. The van der Waals surface area contributed by atoms with Crippen molar-refractivity contribution in [2.24, 2.45) is 0 Å². The maximum Gasteiger partial charge on any atom is 0.326 e. The molecule has 0 atom stereocenters. The maximum absolute atomic E-state index is 12.0. The lowest BCUT2D eigenvalue weighted by Crippen LogP contribution is -2.17. The topological polar surface area (TPSA) is 37.8 Å². The average Bonchev–Trinajstić information content (AvgIpc) is 2.94. The molecule has 3 rings (SSSR count). The molecule has 0 radical (unpaired) electrons. The number of aryl methyl sites for hydroxylation is 1. The van der Waals surface area contributed by atoms with E-state index in [1.165, 1.54) is 5.56 Å². The molecule has 3 aromatic rings. The van der Waals surface area contributed by atoms with Crippen molar-refractivity contribution in [1.29, 1.82) is 0 Å². The minimum atomic E-state index is -0.0424. The first kappa shape index (κ1) is 14.7. The van der Waals surface area contributed by atoms with Crippen molar-refractivity contribution >= 4 is 11.8 Å². The Bertz CT molecular complexity index is 763. The molecule has 0 spiro atoms. The van der Waals surface area contributed by atoms with Crippen LogP contribution in [0.1, 0.15) is 5.56 Å². The predicted octanol–water partition coefficient (Wildman–Crippen LogP) is 3.78. The van der Waals surface area contributed by atoms with Gasteiger partial charge < -0.3 is 4.98 Å². The zero-order chi connectivity index (χ0) is 15.2. The fourth-order valence-electron chi connectivity index (χ4n) is 2.29. The third-order valence-corrected chi connectivity index (χ3v) is 4.47. The molecule has 3 nitrogen and oxygen atoms in total. The molecule has 0 saturated carbocycles. The van der Waals surface area contributed by atoms with Gasteiger partial charge in [0.1, 0.15) is 0 Å². The second-order valence-electron chi connectivity index (χ2n) is 5.07. The molecular weight excluding hydrogens is 292 g/mol. The van der Waals surface area contributed by atoms with Crippen LogP contribution in [0.5, 0.6) is 0 Å². The van der Waals surface area contributed by atoms with Crippen molar-refractivity contribution in [3.05, 3.63) is 82.9 Å². The quantitative estimate of drug-likeness (QED) is 0.704. The molecule has 112 valence electrons. The lowest BCUT2D eigenvalue weighted by atomic mass is 10.2. The minimum Gasteiger partial charge on any atom is -0.306 e. The number of hydrogen-bond acceptors (Lipinski definition) is 2. The Morgan fingerprint density at radius 2 is 1.64 bits per heavy atom. The van der Waals surface area contributed by atoms with Gasteiger partial charge in [-0.05, 0) is 11.1 Å². The molecule has 22 heavy (non-hydrogen) atoms. The highest BCUT2D eigenvalue weighted by Gasteiger charge is 2.04. The number of H-pyrrole nitrogens is 1. The third kappa shape index (κ3) is 3.71. The number of thioether (sulfide) groups is 1. The van der Waals surface area contributed by atoms with E-state index in [0.717, 1.165) is 29.3 Å². The van der Waals surface area contributed by atoms with Gasteiger partial charge in [-0.25, -0.2) is 4.79 Å². The second kappa shape index (κ2) is 7.18. The van der Waals surface area contributed by atoms with Crippen LogP contribution < -0.4 is 5.69 Å². The van der Waals surface area contributed by atoms with Gasteiger partial charge in [0.2, 0.25) is 0 Å². The molecule has 0 fully saturated rings. The number of nitrogens with zero attached hydrogens (tertiary/aromatic N) is 1. The van der Waals surface area contributed by atoms with Crippen LogP contribution >= 0.6 is 11.8 Å². The van der Waals surface area contributed by atoms with Gasteiger partial charge in [-0.15, -0.1) is 0 Å². The van der Waals surface area contributed by atoms with Crippen molar-refractivity contribution in [3.63, 3.8) is 0 Å². The summed E-state index contributed by atoms with van der Waals surface area (Å²) in [5.41, 5.74) is 3.19. The summed E-state index contributed by atoms with van der Waals surface area (Å²) < 4.78 is 1.75. The lowest BCUT2D eigenvalue weighted by molar-refractivity contribution is 0.737. The Morgan fingerprint density at radius 3 is 2.36 bits per heavy atom. The molecule has 0 bridgehead atoms. The van der Waals surface area contributed by atoms with Gasteiger partial charge in [0, 0.05) is 24.2 Å². The Morgan fingerprint density at radius 1 is 0.955 bits per heavy atom. The molecular formula is C18H18N2OS. The van der Waals surface area contributed by atoms with Gasteiger partial charge in [0.15, 0.2) is 0 Å². The number of nitrogens with one attached hydrogen (secondary N) is 1. The Labute approximate surface area is 134 Å². The van der Waals surface area contributed by atoms with Crippen LogP contribution in [0, 0.1) is 0 Å². The molecule has 0 aliphatic rings. The monoisotopic (exact) mass is 310 g/mol. The number of benzene rings is 2. The van der Waals surface area contributed by atoms with E-state index in [2.05, 4.69) is 29.2 Å². The highest BCUT2D eigenvalue weighted by atomic mass is 32.2. The molecule has 0 aliphatic heterocycles. The molecule has 1 aromatic heterocycles. The van der Waals surface area contributed by atoms with Gasteiger partial charge in [0.05, 0.1) is 5.69 Å². The molecule has 1 heterocycles. The van der Waals surface area contributed by atoms with Gasteiger partial charge >= 0.3 is 5.69 Å². The van der Waals surface area contributed by atoms with Gasteiger partial charge in [-0.2, -0.15) is 11.8 Å². The van der Waals surface area contributed by atoms with Crippen LogP contribution in [0.3, 0.4) is 0 Å². The fraction of sp³-hybridized carbons (Fsp3) is 0.167.